The highest BCUT2D eigenvalue weighted by atomic mass is 32.1. The maximum absolute atomic E-state index is 14.0. The van der Waals surface area contributed by atoms with Gasteiger partial charge in [-0.05, 0) is 53.8 Å². The second kappa shape index (κ2) is 9.54. The van der Waals surface area contributed by atoms with E-state index in [1.165, 1.54) is 31.1 Å². The Labute approximate surface area is 223 Å². The average Bonchev–Trinajstić information content (AvgIpc) is 3.26. The van der Waals surface area contributed by atoms with Crippen LogP contribution in [-0.2, 0) is 6.42 Å². The molecule has 0 unspecified atom stereocenters. The quantitative estimate of drug-likeness (QED) is 0.424. The number of benzene rings is 3. The van der Waals surface area contributed by atoms with Crippen molar-refractivity contribution in [3.8, 4) is 23.0 Å². The SMILES string of the molecule is COc1ccccc1[C@H]1C2=C(N=c3s/c(=C\c4cc(OC)c(O)c(OC)c4)c(=O)n31)c1ccccc1CC2. The fourth-order valence-electron chi connectivity index (χ4n) is 5.34. The highest BCUT2D eigenvalue weighted by Gasteiger charge is 2.34. The van der Waals surface area contributed by atoms with Crippen LogP contribution in [0.25, 0.3) is 11.8 Å². The lowest BCUT2D eigenvalue weighted by atomic mass is 9.83. The maximum atomic E-state index is 14.0. The Morgan fingerprint density at radius 3 is 2.37 bits per heavy atom. The molecule has 0 amide bonds. The van der Waals surface area contributed by atoms with Gasteiger partial charge in [0.1, 0.15) is 5.75 Å². The molecule has 1 aromatic heterocycles. The van der Waals surface area contributed by atoms with E-state index in [-0.39, 0.29) is 28.8 Å². The van der Waals surface area contributed by atoms with Crippen molar-refractivity contribution in [1.82, 2.24) is 4.57 Å². The zero-order valence-corrected chi connectivity index (χ0v) is 22.0. The van der Waals surface area contributed by atoms with Gasteiger partial charge in [0.05, 0.1) is 37.6 Å². The average molecular weight is 527 g/mol. The van der Waals surface area contributed by atoms with Crippen LogP contribution < -0.4 is 29.1 Å². The minimum absolute atomic E-state index is 0.0869. The first-order chi connectivity index (χ1) is 18.5. The van der Waals surface area contributed by atoms with Gasteiger partial charge in [0.15, 0.2) is 16.3 Å². The number of para-hydroxylation sites is 1. The lowest BCUT2D eigenvalue weighted by molar-refractivity contribution is 0.340. The van der Waals surface area contributed by atoms with Crippen molar-refractivity contribution in [3.63, 3.8) is 0 Å². The van der Waals surface area contributed by atoms with Gasteiger partial charge in [-0.2, -0.15) is 0 Å². The molecule has 7 nitrogen and oxygen atoms in total. The third-order valence-electron chi connectivity index (χ3n) is 7.11. The van der Waals surface area contributed by atoms with E-state index >= 15 is 0 Å². The van der Waals surface area contributed by atoms with Gasteiger partial charge in [-0.15, -0.1) is 0 Å². The number of methoxy groups -OCH3 is 3. The molecule has 192 valence electrons. The zero-order valence-electron chi connectivity index (χ0n) is 21.2. The molecule has 0 saturated carbocycles. The minimum atomic E-state index is -0.336. The normalized spacial score (nSPS) is 16.3. The number of nitrogens with zero attached hydrogens (tertiary/aromatic N) is 2. The molecule has 3 aromatic carbocycles. The van der Waals surface area contributed by atoms with Gasteiger partial charge < -0.3 is 19.3 Å². The molecule has 1 N–H and O–H groups in total. The molecule has 0 fully saturated rings. The topological polar surface area (TPSA) is 82.3 Å². The Kier molecular flexibility index (Phi) is 6.04. The Morgan fingerprint density at radius 1 is 0.947 bits per heavy atom. The molecule has 1 aliphatic heterocycles. The number of rotatable bonds is 5. The first-order valence-electron chi connectivity index (χ1n) is 12.2. The molecule has 8 heteroatoms. The molecule has 38 heavy (non-hydrogen) atoms. The van der Waals surface area contributed by atoms with Crippen LogP contribution in [0.5, 0.6) is 23.0 Å². The molecular weight excluding hydrogens is 500 g/mol. The van der Waals surface area contributed by atoms with E-state index in [9.17, 15) is 9.90 Å². The number of fused-ring (bicyclic) bond motifs is 3. The number of aromatic hydroxyl groups is 1. The number of allylic oxidation sites excluding steroid dienone is 1. The third kappa shape index (κ3) is 3.80. The van der Waals surface area contributed by atoms with Crippen molar-refractivity contribution in [3.05, 3.63) is 108 Å². The van der Waals surface area contributed by atoms with E-state index in [1.807, 2.05) is 30.3 Å². The predicted molar refractivity (Wildman–Crippen MR) is 147 cm³/mol. The zero-order chi connectivity index (χ0) is 26.4. The van der Waals surface area contributed by atoms with Gasteiger partial charge >= 0.3 is 0 Å². The van der Waals surface area contributed by atoms with Crippen LogP contribution in [0.3, 0.4) is 0 Å². The van der Waals surface area contributed by atoms with Crippen molar-refractivity contribution in [2.45, 2.75) is 18.9 Å². The monoisotopic (exact) mass is 526 g/mol. The summed E-state index contributed by atoms with van der Waals surface area (Å²) in [6.07, 6.45) is 3.46. The number of hydrogen-bond acceptors (Lipinski definition) is 7. The summed E-state index contributed by atoms with van der Waals surface area (Å²) in [4.78, 5) is 19.7. The largest absolute Gasteiger partial charge is 0.502 e. The molecule has 6 rings (SSSR count). The molecule has 4 aromatic rings. The van der Waals surface area contributed by atoms with E-state index in [1.54, 1.807) is 29.9 Å². The molecule has 2 heterocycles. The number of aryl methyl sites for hydroxylation is 1. The van der Waals surface area contributed by atoms with Gasteiger partial charge in [-0.3, -0.25) is 9.36 Å². The van der Waals surface area contributed by atoms with Crippen LogP contribution in [0.2, 0.25) is 0 Å². The van der Waals surface area contributed by atoms with Gasteiger partial charge in [-0.1, -0.05) is 53.8 Å². The summed E-state index contributed by atoms with van der Waals surface area (Å²) in [5.41, 5.74) is 5.88. The molecule has 0 radical (unpaired) electrons. The van der Waals surface area contributed by atoms with Gasteiger partial charge in [0.25, 0.3) is 5.56 Å². The van der Waals surface area contributed by atoms with Crippen LogP contribution in [0.15, 0.2) is 76.0 Å². The van der Waals surface area contributed by atoms with Gasteiger partial charge in [0.2, 0.25) is 5.75 Å². The molecule has 0 spiro atoms. The number of phenols is 1. The predicted octanol–water partition coefficient (Wildman–Crippen LogP) is 4.05. The number of phenolic OH excluding ortho intramolecular Hbond substituents is 1. The highest BCUT2D eigenvalue weighted by Crippen LogP contribution is 2.43. The smallest absolute Gasteiger partial charge is 0.271 e. The molecule has 0 bridgehead atoms. The summed E-state index contributed by atoms with van der Waals surface area (Å²) in [6.45, 7) is 0. The number of hydrogen-bond donors (Lipinski definition) is 1. The van der Waals surface area contributed by atoms with Gasteiger partial charge in [0, 0.05) is 11.1 Å². The lowest BCUT2D eigenvalue weighted by Crippen LogP contribution is -2.39. The number of thiazole rings is 1. The third-order valence-corrected chi connectivity index (χ3v) is 8.09. The van der Waals surface area contributed by atoms with Crippen LogP contribution >= 0.6 is 11.3 Å². The van der Waals surface area contributed by atoms with E-state index in [2.05, 4.69) is 18.2 Å². The summed E-state index contributed by atoms with van der Waals surface area (Å²) in [5, 5.41) is 10.3. The van der Waals surface area contributed by atoms with Crippen LogP contribution in [0.4, 0.5) is 0 Å². The van der Waals surface area contributed by atoms with Crippen molar-refractivity contribution in [2.24, 2.45) is 4.99 Å². The van der Waals surface area contributed by atoms with Gasteiger partial charge in [-0.25, -0.2) is 4.99 Å². The molecule has 2 aliphatic rings. The summed E-state index contributed by atoms with van der Waals surface area (Å²) in [7, 11) is 4.60. The standard InChI is InChI=1S/C30H26N2O5S/c1-35-22-11-7-6-10-20(22)27-21-13-12-18-8-4-5-9-19(18)26(21)31-30-32(27)29(34)25(38-30)16-17-14-23(36-2)28(33)24(15-17)37-3/h4-11,14-16,27,33H,12-13H2,1-3H3/b25-16-/t27-/m0/s1. The Hall–Kier alpha value is -4.30. The summed E-state index contributed by atoms with van der Waals surface area (Å²) in [5.74, 6) is 1.17. The molecular formula is C30H26N2O5S. The highest BCUT2D eigenvalue weighted by molar-refractivity contribution is 7.07. The van der Waals surface area contributed by atoms with E-state index < -0.39 is 0 Å². The lowest BCUT2D eigenvalue weighted by Gasteiger charge is -2.31. The van der Waals surface area contributed by atoms with E-state index in [0.717, 1.165) is 41.0 Å². The van der Waals surface area contributed by atoms with Crippen molar-refractivity contribution in [2.75, 3.05) is 21.3 Å². The number of aromatic nitrogens is 1. The first-order valence-corrected chi connectivity index (χ1v) is 13.1. The fraction of sp³-hybridized carbons (Fsp3) is 0.200. The Bertz CT molecular complexity index is 1760. The fourth-order valence-corrected chi connectivity index (χ4v) is 6.34. The Morgan fingerprint density at radius 2 is 1.63 bits per heavy atom. The van der Waals surface area contributed by atoms with E-state index in [0.29, 0.717) is 14.9 Å². The second-order valence-electron chi connectivity index (χ2n) is 9.13. The Balaban J connectivity index is 1.62. The number of ether oxygens (including phenoxy) is 3. The van der Waals surface area contributed by atoms with Crippen molar-refractivity contribution in [1.29, 1.82) is 0 Å². The van der Waals surface area contributed by atoms with Crippen molar-refractivity contribution >= 4 is 23.1 Å². The summed E-state index contributed by atoms with van der Waals surface area (Å²) >= 11 is 1.34. The van der Waals surface area contributed by atoms with Crippen molar-refractivity contribution < 1.29 is 19.3 Å². The minimum Gasteiger partial charge on any atom is -0.502 e. The first kappa shape index (κ1) is 24.1. The summed E-state index contributed by atoms with van der Waals surface area (Å²) < 4.78 is 18.7. The van der Waals surface area contributed by atoms with Crippen LogP contribution in [0.1, 0.15) is 34.7 Å². The van der Waals surface area contributed by atoms with Crippen LogP contribution in [-0.4, -0.2) is 31.0 Å². The van der Waals surface area contributed by atoms with E-state index in [4.69, 9.17) is 19.2 Å². The summed E-state index contributed by atoms with van der Waals surface area (Å²) in [6, 6.07) is 19.2. The molecule has 1 atom stereocenters. The van der Waals surface area contributed by atoms with Crippen LogP contribution in [0, 0.1) is 0 Å². The second-order valence-corrected chi connectivity index (χ2v) is 10.1. The molecule has 0 saturated heterocycles. The maximum Gasteiger partial charge on any atom is 0.271 e. The molecule has 1 aliphatic carbocycles.